The molecule has 0 N–H and O–H groups in total. The summed E-state index contributed by atoms with van der Waals surface area (Å²) in [5.41, 5.74) is 1.47. The zero-order valence-electron chi connectivity index (χ0n) is 17.5. The van der Waals surface area contributed by atoms with Crippen molar-refractivity contribution in [3.05, 3.63) is 95.1 Å². The van der Waals surface area contributed by atoms with E-state index in [2.05, 4.69) is 10.2 Å². The van der Waals surface area contributed by atoms with Crippen LogP contribution in [0.2, 0.25) is 0 Å². The van der Waals surface area contributed by atoms with Crippen LogP contribution >= 0.6 is 0 Å². The topological polar surface area (TPSA) is 99.5 Å². The highest BCUT2D eigenvalue weighted by Gasteiger charge is 2.34. The fraction of sp³-hybridized carbons (Fsp3) is 0. The number of rotatable bonds is 3. The van der Waals surface area contributed by atoms with E-state index in [1.54, 1.807) is 48.5 Å². The van der Waals surface area contributed by atoms with E-state index in [9.17, 15) is 19.2 Å². The highest BCUT2D eigenvalue weighted by atomic mass is 16.2. The van der Waals surface area contributed by atoms with Gasteiger partial charge in [0.05, 0.1) is 34.7 Å². The smallest absolute Gasteiger partial charge is 0.267 e. The summed E-state index contributed by atoms with van der Waals surface area (Å²) in [6, 6.07) is 20.9. The standard InChI is InChI=1S/C26H14N4O4/c31-23-17-9-1-5-15-6-2-10-18(21(15)17)24(32)29(23)27-13-14-28-30-25(33)19-11-3-7-16-8-4-12-20(22(16)19)26(30)34/h1-14H/b27-13-,28-14-. The van der Waals surface area contributed by atoms with E-state index in [1.165, 1.54) is 0 Å². The molecule has 6 rings (SSSR count). The van der Waals surface area contributed by atoms with E-state index in [0.717, 1.165) is 33.2 Å². The predicted molar refractivity (Wildman–Crippen MR) is 126 cm³/mol. The van der Waals surface area contributed by atoms with Crippen LogP contribution in [0.5, 0.6) is 0 Å². The van der Waals surface area contributed by atoms with Crippen molar-refractivity contribution in [2.45, 2.75) is 0 Å². The summed E-state index contributed by atoms with van der Waals surface area (Å²) in [4.78, 5) is 51.5. The molecular formula is C26H14N4O4. The summed E-state index contributed by atoms with van der Waals surface area (Å²) in [5.74, 6) is -2.26. The fourth-order valence-corrected chi connectivity index (χ4v) is 4.44. The Hall–Kier alpha value is -4.98. The minimum absolute atomic E-state index is 0.368. The molecule has 4 aromatic rings. The molecule has 0 fully saturated rings. The summed E-state index contributed by atoms with van der Waals surface area (Å²) in [6.07, 6.45) is 2.21. The summed E-state index contributed by atoms with van der Waals surface area (Å²) >= 11 is 0. The number of carbonyl (C=O) groups is 4. The molecule has 0 aliphatic carbocycles. The molecule has 0 unspecified atom stereocenters. The number of hydrazone groups is 2. The second kappa shape index (κ2) is 7.28. The Kier molecular flexibility index (Phi) is 4.21. The quantitative estimate of drug-likeness (QED) is 0.352. The van der Waals surface area contributed by atoms with Gasteiger partial charge in [-0.25, -0.2) is 0 Å². The van der Waals surface area contributed by atoms with Gasteiger partial charge in [-0.15, -0.1) is 0 Å². The van der Waals surface area contributed by atoms with Crippen molar-refractivity contribution in [1.82, 2.24) is 10.0 Å². The van der Waals surface area contributed by atoms with E-state index < -0.39 is 23.6 Å². The zero-order valence-corrected chi connectivity index (χ0v) is 17.5. The predicted octanol–water partition coefficient (Wildman–Crippen LogP) is 3.86. The molecule has 0 saturated carbocycles. The molecule has 8 nitrogen and oxygen atoms in total. The minimum atomic E-state index is -0.565. The monoisotopic (exact) mass is 446 g/mol. The summed E-state index contributed by atoms with van der Waals surface area (Å²) in [5, 5.41) is 12.2. The van der Waals surface area contributed by atoms with Crippen LogP contribution in [-0.4, -0.2) is 46.1 Å². The van der Waals surface area contributed by atoms with Gasteiger partial charge in [0.15, 0.2) is 0 Å². The van der Waals surface area contributed by atoms with Crippen molar-refractivity contribution in [2.75, 3.05) is 0 Å². The summed E-state index contributed by atoms with van der Waals surface area (Å²) in [6.45, 7) is 0. The molecule has 4 amide bonds. The Morgan fingerprint density at radius 1 is 0.471 bits per heavy atom. The first kappa shape index (κ1) is 19.7. The molecule has 2 aliphatic heterocycles. The van der Waals surface area contributed by atoms with Gasteiger partial charge in [-0.2, -0.15) is 20.2 Å². The van der Waals surface area contributed by atoms with E-state index in [-0.39, 0.29) is 0 Å². The van der Waals surface area contributed by atoms with Gasteiger partial charge in [-0.1, -0.05) is 48.5 Å². The van der Waals surface area contributed by atoms with Crippen LogP contribution < -0.4 is 0 Å². The van der Waals surface area contributed by atoms with Gasteiger partial charge in [0, 0.05) is 10.8 Å². The lowest BCUT2D eigenvalue weighted by Crippen LogP contribution is -2.37. The highest BCUT2D eigenvalue weighted by Crippen LogP contribution is 2.31. The number of carbonyl (C=O) groups excluding carboxylic acids is 4. The van der Waals surface area contributed by atoms with Crippen molar-refractivity contribution in [3.63, 3.8) is 0 Å². The Morgan fingerprint density at radius 3 is 1.06 bits per heavy atom. The number of amides is 4. The van der Waals surface area contributed by atoms with E-state index >= 15 is 0 Å². The number of hydrogen-bond donors (Lipinski definition) is 0. The molecule has 0 atom stereocenters. The largest absolute Gasteiger partial charge is 0.282 e. The number of benzene rings is 4. The van der Waals surface area contributed by atoms with Crippen LogP contribution in [-0.2, 0) is 0 Å². The van der Waals surface area contributed by atoms with E-state index in [1.807, 2.05) is 24.3 Å². The van der Waals surface area contributed by atoms with Gasteiger partial charge in [0.1, 0.15) is 0 Å². The molecule has 34 heavy (non-hydrogen) atoms. The average Bonchev–Trinajstić information content (AvgIpc) is 2.86. The highest BCUT2D eigenvalue weighted by molar-refractivity contribution is 6.28. The van der Waals surface area contributed by atoms with Gasteiger partial charge < -0.3 is 0 Å². The van der Waals surface area contributed by atoms with Crippen molar-refractivity contribution in [3.8, 4) is 0 Å². The Balaban J connectivity index is 1.30. The lowest BCUT2D eigenvalue weighted by molar-refractivity contribution is 0.0599. The molecule has 2 aliphatic rings. The van der Waals surface area contributed by atoms with Crippen LogP contribution in [0.4, 0.5) is 0 Å². The summed E-state index contributed by atoms with van der Waals surface area (Å²) < 4.78 is 0. The molecule has 162 valence electrons. The first-order valence-electron chi connectivity index (χ1n) is 10.4. The third-order valence-corrected chi connectivity index (χ3v) is 5.93. The van der Waals surface area contributed by atoms with Crippen molar-refractivity contribution >= 4 is 57.6 Å². The molecule has 2 heterocycles. The Labute approximate surface area is 192 Å². The molecule has 0 bridgehead atoms. The normalized spacial score (nSPS) is 15.5. The van der Waals surface area contributed by atoms with Crippen LogP contribution in [0.3, 0.4) is 0 Å². The molecular weight excluding hydrogens is 432 g/mol. The second-order valence-corrected chi connectivity index (χ2v) is 7.79. The summed E-state index contributed by atoms with van der Waals surface area (Å²) in [7, 11) is 0. The molecule has 0 aromatic heterocycles. The van der Waals surface area contributed by atoms with Gasteiger partial charge >= 0.3 is 0 Å². The molecule has 0 spiro atoms. The number of imide groups is 2. The van der Waals surface area contributed by atoms with Crippen LogP contribution in [0, 0.1) is 0 Å². The molecule has 8 heteroatoms. The van der Waals surface area contributed by atoms with E-state index in [0.29, 0.717) is 33.0 Å². The lowest BCUT2D eigenvalue weighted by atomic mass is 9.95. The Bertz CT molecular complexity index is 1430. The first-order chi connectivity index (χ1) is 16.6. The zero-order chi connectivity index (χ0) is 23.4. The maximum atomic E-state index is 12.9. The molecule has 4 aromatic carbocycles. The average molecular weight is 446 g/mol. The van der Waals surface area contributed by atoms with Crippen molar-refractivity contribution < 1.29 is 19.2 Å². The fourth-order valence-electron chi connectivity index (χ4n) is 4.44. The van der Waals surface area contributed by atoms with Crippen molar-refractivity contribution in [1.29, 1.82) is 0 Å². The SMILES string of the molecule is O=C1c2cccc3cccc(c23)C(=O)N1/N=C\C=N/N1C(=O)c2cccc3cccc(c23)C1=O. The molecule has 0 saturated heterocycles. The van der Waals surface area contributed by atoms with Crippen LogP contribution in [0.15, 0.2) is 83.0 Å². The van der Waals surface area contributed by atoms with Crippen molar-refractivity contribution in [2.24, 2.45) is 10.2 Å². The van der Waals surface area contributed by atoms with Gasteiger partial charge in [-0.3, -0.25) is 19.2 Å². The van der Waals surface area contributed by atoms with Gasteiger partial charge in [0.25, 0.3) is 23.6 Å². The first-order valence-corrected chi connectivity index (χ1v) is 10.4. The third-order valence-electron chi connectivity index (χ3n) is 5.93. The maximum Gasteiger partial charge on any atom is 0.282 e. The number of nitrogens with zero attached hydrogens (tertiary/aromatic N) is 4. The van der Waals surface area contributed by atoms with Crippen LogP contribution in [0.1, 0.15) is 41.4 Å². The third kappa shape index (κ3) is 2.72. The second-order valence-electron chi connectivity index (χ2n) is 7.79. The Morgan fingerprint density at radius 2 is 0.765 bits per heavy atom. The van der Waals surface area contributed by atoms with Gasteiger partial charge in [-0.05, 0) is 35.0 Å². The molecule has 0 radical (unpaired) electrons. The van der Waals surface area contributed by atoms with E-state index in [4.69, 9.17) is 0 Å². The number of hydrogen-bond acceptors (Lipinski definition) is 6. The minimum Gasteiger partial charge on any atom is -0.267 e. The van der Waals surface area contributed by atoms with Crippen LogP contribution in [0.25, 0.3) is 21.5 Å². The maximum absolute atomic E-state index is 12.9. The lowest BCUT2D eigenvalue weighted by Gasteiger charge is -2.23. The van der Waals surface area contributed by atoms with Gasteiger partial charge in [0.2, 0.25) is 0 Å².